The van der Waals surface area contributed by atoms with Crippen molar-refractivity contribution in [2.45, 2.75) is 230 Å². The molecule has 0 unspecified atom stereocenters. The van der Waals surface area contributed by atoms with Gasteiger partial charge in [0, 0.05) is 51.7 Å². The van der Waals surface area contributed by atoms with E-state index in [-0.39, 0.29) is 47.7 Å². The Morgan fingerprint density at radius 2 is 1.57 bits per heavy atom. The molecule has 0 aromatic heterocycles. The minimum absolute atomic E-state index is 0.0880. The summed E-state index contributed by atoms with van der Waals surface area (Å²) in [5.41, 5.74) is 0.652. The minimum Gasteiger partial charge on any atom is -0.462 e. The van der Waals surface area contributed by atoms with E-state index in [4.69, 9.17) is 51.8 Å². The highest BCUT2D eigenvalue weighted by molar-refractivity contribution is 6.74. The van der Waals surface area contributed by atoms with Gasteiger partial charge in [-0.05, 0) is 81.0 Å². The molecule has 0 amide bonds. The third kappa shape index (κ3) is 11.5. The quantitative estimate of drug-likeness (QED) is 0.122. The van der Waals surface area contributed by atoms with Gasteiger partial charge in [-0.1, -0.05) is 91.3 Å². The first-order valence-electron chi connectivity index (χ1n) is 25.8. The van der Waals surface area contributed by atoms with Crippen LogP contribution in [0, 0.1) is 23.7 Å². The molecule has 2 bridgehead atoms. The van der Waals surface area contributed by atoms with Gasteiger partial charge in [0.1, 0.15) is 35.9 Å². The first-order valence-corrected chi connectivity index (χ1v) is 28.7. The van der Waals surface area contributed by atoms with Crippen molar-refractivity contribution in [3.05, 3.63) is 59.3 Å². The van der Waals surface area contributed by atoms with Crippen LogP contribution in [0.1, 0.15) is 115 Å². The number of ether oxygens (including phenoxy) is 10. The summed E-state index contributed by atoms with van der Waals surface area (Å²) < 4.78 is 71.9. The monoisotopic (exact) mass is 987 g/mol. The Hall–Kier alpha value is -2.09. The molecule has 2 N–H and O–H groups in total. The van der Waals surface area contributed by atoms with Gasteiger partial charge in [-0.15, -0.1) is 0 Å². The van der Waals surface area contributed by atoms with E-state index in [2.05, 4.69) is 86.7 Å². The van der Waals surface area contributed by atoms with Crippen molar-refractivity contribution in [1.82, 2.24) is 0 Å². The van der Waals surface area contributed by atoms with Crippen LogP contribution < -0.4 is 0 Å². The number of carbonyl (C=O) groups excluding carboxylic acids is 1. The molecule has 4 saturated heterocycles. The molecule has 20 atom stereocenters. The Morgan fingerprint density at radius 1 is 0.884 bits per heavy atom. The molecule has 0 saturated carbocycles. The predicted molar refractivity (Wildman–Crippen MR) is 263 cm³/mol. The lowest BCUT2D eigenvalue weighted by Crippen LogP contribution is -2.60. The summed E-state index contributed by atoms with van der Waals surface area (Å²) in [6.07, 6.45) is 10.0. The van der Waals surface area contributed by atoms with Crippen LogP contribution in [0.3, 0.4) is 0 Å². The van der Waals surface area contributed by atoms with Gasteiger partial charge in [0.15, 0.2) is 26.7 Å². The van der Waals surface area contributed by atoms with Crippen LogP contribution in [-0.2, 0) is 56.6 Å². The van der Waals surface area contributed by atoms with Crippen LogP contribution in [0.4, 0.5) is 0 Å². The Balaban J connectivity index is 1.22. The summed E-state index contributed by atoms with van der Waals surface area (Å²) in [6.45, 7) is 27.5. The molecule has 69 heavy (non-hydrogen) atoms. The zero-order valence-corrected chi connectivity index (χ0v) is 45.2. The van der Waals surface area contributed by atoms with Crippen molar-refractivity contribution < 1.29 is 66.8 Å². The molecule has 6 aliphatic heterocycles. The number of allylic oxidation sites excluding steroid dienone is 2. The number of aliphatic hydroxyl groups is 2. The van der Waals surface area contributed by atoms with Crippen LogP contribution >= 0.6 is 0 Å². The highest BCUT2D eigenvalue weighted by Gasteiger charge is 2.62. The summed E-state index contributed by atoms with van der Waals surface area (Å²) >= 11 is 0. The molecule has 1 aliphatic carbocycles. The molecule has 0 radical (unpaired) electrons. The van der Waals surface area contributed by atoms with Gasteiger partial charge >= 0.3 is 5.97 Å². The molecule has 15 heteroatoms. The fourth-order valence-corrected chi connectivity index (χ4v) is 12.5. The van der Waals surface area contributed by atoms with Gasteiger partial charge in [0.25, 0.3) is 0 Å². The molecule has 4 fully saturated rings. The molecule has 7 rings (SSSR count). The smallest absolute Gasteiger partial charge is 0.316 e. The van der Waals surface area contributed by atoms with Gasteiger partial charge in [-0.3, -0.25) is 4.79 Å². The average molecular weight is 987 g/mol. The third-order valence-corrected chi connectivity index (χ3v) is 21.2. The Labute approximate surface area is 413 Å². The number of carbonyl (C=O) groups is 1. The summed E-state index contributed by atoms with van der Waals surface area (Å²) in [5, 5.41) is 23.7. The van der Waals surface area contributed by atoms with Crippen LogP contribution in [0.2, 0.25) is 18.1 Å². The molecular weight excluding hydrogens is 901 g/mol. The van der Waals surface area contributed by atoms with E-state index in [0.717, 1.165) is 17.6 Å². The highest BCUT2D eigenvalue weighted by atomic mass is 28.4. The Morgan fingerprint density at radius 3 is 2.25 bits per heavy atom. The van der Waals surface area contributed by atoms with E-state index in [1.165, 1.54) is 0 Å². The first-order chi connectivity index (χ1) is 32.4. The van der Waals surface area contributed by atoms with Crippen molar-refractivity contribution in [3.8, 4) is 0 Å². The fraction of sp³-hybridized carbons (Fsp3) is 0.796. The molecule has 0 aromatic rings. The molecule has 7 aliphatic rings. The standard InChI is InChI=1S/C54H86O14Si/c1-16-30(2)47-33(5)22-23-53(67-47)28-39-25-38(66-53)21-20-32(4)46(64-44-27-42(59-13)49(36(8)62-44)65-43-26-41(58-12)45(55)35(7)61-43)31(3)18-17-19-37-29-60-50-48(68-69(14,15)52(9,10)11)34(6)24-40(51(56)63-39)54(37,50)57/h17-20,22-24,30-31,33,35-36,38-50,55,57H,16,21,25-29H2,1-15H3/t30-,31+,33+,35+,36+,38-,39+,40+,41+,42+,43+,44+,45+,46+,47-,48-,49+,50-,53-,54-/m1/s1. The van der Waals surface area contributed by atoms with Crippen molar-refractivity contribution in [2.24, 2.45) is 23.7 Å². The molecule has 6 heterocycles. The second-order valence-electron chi connectivity index (χ2n) is 22.8. The maximum absolute atomic E-state index is 14.8. The zero-order chi connectivity index (χ0) is 50.4. The van der Waals surface area contributed by atoms with E-state index in [1.54, 1.807) is 14.2 Å². The molecular formula is C54H86O14Si. The van der Waals surface area contributed by atoms with Crippen LogP contribution in [0.25, 0.3) is 0 Å². The average Bonchev–Trinajstić information content (AvgIpc) is 3.63. The molecule has 14 nitrogen and oxygen atoms in total. The second kappa shape index (κ2) is 21.8. The van der Waals surface area contributed by atoms with Gasteiger partial charge in [0.2, 0.25) is 0 Å². The predicted octanol–water partition coefficient (Wildman–Crippen LogP) is 8.41. The number of fused-ring (bicyclic) bond motifs is 2. The van der Waals surface area contributed by atoms with Gasteiger partial charge in [-0.2, -0.15) is 0 Å². The zero-order valence-electron chi connectivity index (χ0n) is 44.2. The fourth-order valence-electron chi connectivity index (χ4n) is 11.2. The van der Waals surface area contributed by atoms with Gasteiger partial charge in [-0.25, -0.2) is 0 Å². The van der Waals surface area contributed by atoms with E-state index >= 15 is 0 Å². The van der Waals surface area contributed by atoms with Gasteiger partial charge in [0.05, 0.1) is 55.4 Å². The van der Waals surface area contributed by atoms with E-state index < -0.39 is 99.1 Å². The third-order valence-electron chi connectivity index (χ3n) is 16.7. The molecule has 0 aromatic carbocycles. The van der Waals surface area contributed by atoms with Crippen molar-refractivity contribution in [3.63, 3.8) is 0 Å². The topological polar surface area (TPSA) is 159 Å². The van der Waals surface area contributed by atoms with E-state index in [1.807, 2.05) is 45.1 Å². The maximum Gasteiger partial charge on any atom is 0.316 e. The van der Waals surface area contributed by atoms with E-state index in [9.17, 15) is 15.0 Å². The number of rotatable bonds is 10. The van der Waals surface area contributed by atoms with Crippen molar-refractivity contribution in [2.75, 3.05) is 20.8 Å². The Kier molecular flexibility index (Phi) is 17.3. The SMILES string of the molecule is CC[C@@H](C)[C@H]1O[C@]2(C=C[C@@H]1C)C[C@@H]1C[C@@H](CC=C(C)[C@@H](O[C@H]3C[C@H](OC)[C@@H](O[C@H]4C[C@H](OC)[C@@H](O)[C@H](C)O4)[C@H](C)O3)[C@@H](C)C=CC=C3CO[C@@H]4[C@H](O[Si](C)(C)C(C)(C)C)C(C)=C[C@@H](C(=O)O1)[C@]34O)O2. The van der Waals surface area contributed by atoms with Crippen LogP contribution in [0.15, 0.2) is 59.3 Å². The highest BCUT2D eigenvalue weighted by Crippen LogP contribution is 2.50. The summed E-state index contributed by atoms with van der Waals surface area (Å²) in [6, 6.07) is 0. The Bertz CT molecular complexity index is 1940. The maximum atomic E-state index is 14.8. The lowest BCUT2D eigenvalue weighted by Gasteiger charge is -2.49. The number of methoxy groups -OCH3 is 2. The van der Waals surface area contributed by atoms with E-state index in [0.29, 0.717) is 37.7 Å². The van der Waals surface area contributed by atoms with Crippen molar-refractivity contribution in [1.29, 1.82) is 0 Å². The normalized spacial score (nSPS) is 43.9. The number of hydrogen-bond acceptors (Lipinski definition) is 14. The van der Waals surface area contributed by atoms with Crippen molar-refractivity contribution >= 4 is 14.3 Å². The van der Waals surface area contributed by atoms with Crippen LogP contribution in [-0.4, -0.2) is 143 Å². The molecule has 390 valence electrons. The summed E-state index contributed by atoms with van der Waals surface area (Å²) in [5.74, 6) is -2.40. The first kappa shape index (κ1) is 54.7. The largest absolute Gasteiger partial charge is 0.462 e. The number of hydrogen-bond donors (Lipinski definition) is 2. The van der Waals surface area contributed by atoms with Crippen LogP contribution in [0.5, 0.6) is 0 Å². The lowest BCUT2D eigenvalue weighted by atomic mass is 9.71. The summed E-state index contributed by atoms with van der Waals surface area (Å²) in [7, 11) is 0.871. The number of aliphatic hydroxyl groups excluding tert-OH is 1. The second-order valence-corrected chi connectivity index (χ2v) is 27.6. The van der Waals surface area contributed by atoms with Gasteiger partial charge < -0.3 is 62.0 Å². The lowest BCUT2D eigenvalue weighted by molar-refractivity contribution is -0.318. The molecule has 1 spiro atoms. The minimum atomic E-state index is -2.37. The summed E-state index contributed by atoms with van der Waals surface area (Å²) in [4.78, 5) is 14.8. The number of esters is 1.